The number of pyridine rings is 1. The number of hydrogen-bond donors (Lipinski definition) is 1. The van der Waals surface area contributed by atoms with Crippen LogP contribution in [0.25, 0.3) is 6.08 Å². The van der Waals surface area contributed by atoms with E-state index in [2.05, 4.69) is 4.98 Å². The second-order valence-corrected chi connectivity index (χ2v) is 5.97. The van der Waals surface area contributed by atoms with Crippen LogP contribution >= 0.6 is 0 Å². The van der Waals surface area contributed by atoms with Crippen LogP contribution in [0.4, 0.5) is 0 Å². The number of carbonyl (C=O) groups is 1. The summed E-state index contributed by atoms with van der Waals surface area (Å²) in [5.41, 5.74) is 1.12. The molecule has 4 nitrogen and oxygen atoms in total. The van der Waals surface area contributed by atoms with Crippen LogP contribution in [0.3, 0.4) is 0 Å². The van der Waals surface area contributed by atoms with Crippen molar-refractivity contribution in [3.8, 4) is 0 Å². The standard InChI is InChI=1S/C16H22N2O2/c1-12-9-13(11-17-10-12)6-7-15(19)18-8-4-5-14(18)16(2,3)20/h6-7,9-11,14,20H,4-5,8H2,1-3H3/b7-6+. The molecular weight excluding hydrogens is 252 g/mol. The summed E-state index contributed by atoms with van der Waals surface area (Å²) < 4.78 is 0. The highest BCUT2D eigenvalue weighted by Gasteiger charge is 2.37. The van der Waals surface area contributed by atoms with E-state index in [0.717, 1.165) is 24.0 Å². The van der Waals surface area contributed by atoms with Gasteiger partial charge in [0.05, 0.1) is 11.6 Å². The zero-order valence-electron chi connectivity index (χ0n) is 12.3. The van der Waals surface area contributed by atoms with Gasteiger partial charge in [-0.25, -0.2) is 0 Å². The molecular formula is C16H22N2O2. The Morgan fingerprint density at radius 3 is 2.90 bits per heavy atom. The molecule has 0 aromatic carbocycles. The highest BCUT2D eigenvalue weighted by atomic mass is 16.3. The molecule has 0 aliphatic carbocycles. The molecule has 2 rings (SSSR count). The minimum atomic E-state index is -0.856. The lowest BCUT2D eigenvalue weighted by molar-refractivity contribution is -0.131. The van der Waals surface area contributed by atoms with Crippen LogP contribution in [0.15, 0.2) is 24.5 Å². The topological polar surface area (TPSA) is 53.4 Å². The summed E-state index contributed by atoms with van der Waals surface area (Å²) in [4.78, 5) is 18.1. The van der Waals surface area contributed by atoms with Crippen molar-refractivity contribution in [2.24, 2.45) is 0 Å². The van der Waals surface area contributed by atoms with E-state index >= 15 is 0 Å². The number of hydrogen-bond acceptors (Lipinski definition) is 3. The molecule has 1 fully saturated rings. The number of aromatic nitrogens is 1. The Bertz CT molecular complexity index is 517. The fourth-order valence-corrected chi connectivity index (χ4v) is 2.70. The monoisotopic (exact) mass is 274 g/mol. The van der Waals surface area contributed by atoms with E-state index in [9.17, 15) is 9.90 Å². The van der Waals surface area contributed by atoms with Crippen LogP contribution in [0.5, 0.6) is 0 Å². The Labute approximate surface area is 120 Å². The molecule has 1 aliphatic rings. The summed E-state index contributed by atoms with van der Waals surface area (Å²) in [6.45, 7) is 6.20. The van der Waals surface area contributed by atoms with E-state index < -0.39 is 5.60 Å². The van der Waals surface area contributed by atoms with E-state index in [-0.39, 0.29) is 11.9 Å². The largest absolute Gasteiger partial charge is 0.388 e. The molecule has 20 heavy (non-hydrogen) atoms. The van der Waals surface area contributed by atoms with E-state index in [1.54, 1.807) is 43.3 Å². The third kappa shape index (κ3) is 3.45. The van der Waals surface area contributed by atoms with Gasteiger partial charge in [-0.15, -0.1) is 0 Å². The summed E-state index contributed by atoms with van der Waals surface area (Å²) in [5.74, 6) is -0.0452. The Hall–Kier alpha value is -1.68. The predicted molar refractivity (Wildman–Crippen MR) is 79.0 cm³/mol. The quantitative estimate of drug-likeness (QED) is 0.859. The molecule has 108 valence electrons. The SMILES string of the molecule is Cc1cncc(/C=C/C(=O)N2CCCC2C(C)(C)O)c1. The average Bonchev–Trinajstić information content (AvgIpc) is 2.85. The molecule has 0 spiro atoms. The van der Waals surface area contributed by atoms with Crippen LogP contribution in [0.1, 0.15) is 37.8 Å². The van der Waals surface area contributed by atoms with Crippen molar-refractivity contribution in [1.82, 2.24) is 9.88 Å². The van der Waals surface area contributed by atoms with Crippen LogP contribution in [0.2, 0.25) is 0 Å². The molecule has 2 heterocycles. The zero-order valence-corrected chi connectivity index (χ0v) is 12.3. The van der Waals surface area contributed by atoms with Gasteiger partial charge in [0.2, 0.25) is 5.91 Å². The maximum absolute atomic E-state index is 12.3. The van der Waals surface area contributed by atoms with E-state index in [4.69, 9.17) is 0 Å². The first kappa shape index (κ1) is 14.7. The first-order valence-electron chi connectivity index (χ1n) is 7.00. The maximum atomic E-state index is 12.3. The average molecular weight is 274 g/mol. The highest BCUT2D eigenvalue weighted by molar-refractivity contribution is 5.92. The normalized spacial score (nSPS) is 19.8. The van der Waals surface area contributed by atoms with Crippen molar-refractivity contribution < 1.29 is 9.90 Å². The molecule has 1 aliphatic heterocycles. The van der Waals surface area contributed by atoms with Crippen LogP contribution in [-0.2, 0) is 4.79 Å². The number of aryl methyl sites for hydroxylation is 1. The van der Waals surface area contributed by atoms with Gasteiger partial charge in [-0.1, -0.05) is 0 Å². The summed E-state index contributed by atoms with van der Waals surface area (Å²) >= 11 is 0. The smallest absolute Gasteiger partial charge is 0.246 e. The van der Waals surface area contributed by atoms with E-state index in [0.29, 0.717) is 6.54 Å². The van der Waals surface area contributed by atoms with Crippen molar-refractivity contribution in [2.75, 3.05) is 6.54 Å². The molecule has 1 unspecified atom stereocenters. The van der Waals surface area contributed by atoms with Gasteiger partial charge >= 0.3 is 0 Å². The lowest BCUT2D eigenvalue weighted by Gasteiger charge is -2.33. The number of amides is 1. The lowest BCUT2D eigenvalue weighted by Crippen LogP contribution is -2.47. The molecule has 1 N–H and O–H groups in total. The molecule has 0 bridgehead atoms. The molecule has 0 radical (unpaired) electrons. The molecule has 1 aromatic rings. The van der Waals surface area contributed by atoms with Crippen LogP contribution < -0.4 is 0 Å². The molecule has 4 heteroatoms. The van der Waals surface area contributed by atoms with Crippen molar-refractivity contribution in [1.29, 1.82) is 0 Å². The summed E-state index contributed by atoms with van der Waals surface area (Å²) in [7, 11) is 0. The minimum absolute atomic E-state index is 0.0452. The fourth-order valence-electron chi connectivity index (χ4n) is 2.70. The van der Waals surface area contributed by atoms with Gasteiger partial charge in [0.15, 0.2) is 0 Å². The molecule has 1 atom stereocenters. The number of carbonyl (C=O) groups excluding carboxylic acids is 1. The van der Waals surface area contributed by atoms with Gasteiger partial charge in [0.1, 0.15) is 0 Å². The van der Waals surface area contributed by atoms with Gasteiger partial charge in [-0.05, 0) is 56.9 Å². The number of rotatable bonds is 3. The number of aliphatic hydroxyl groups is 1. The van der Waals surface area contributed by atoms with E-state index in [1.165, 1.54) is 0 Å². The third-order valence-corrected chi connectivity index (χ3v) is 3.67. The fraction of sp³-hybridized carbons (Fsp3) is 0.500. The predicted octanol–water partition coefficient (Wildman–Crippen LogP) is 2.17. The zero-order chi connectivity index (χ0) is 14.8. The van der Waals surface area contributed by atoms with Crippen molar-refractivity contribution in [3.05, 3.63) is 35.7 Å². The molecule has 0 saturated carbocycles. The van der Waals surface area contributed by atoms with Crippen molar-refractivity contribution in [3.63, 3.8) is 0 Å². The summed E-state index contributed by atoms with van der Waals surface area (Å²) in [6, 6.07) is 1.88. The Morgan fingerprint density at radius 1 is 1.50 bits per heavy atom. The molecule has 1 aromatic heterocycles. The first-order valence-corrected chi connectivity index (χ1v) is 7.00. The van der Waals surface area contributed by atoms with Crippen molar-refractivity contribution in [2.45, 2.75) is 45.3 Å². The maximum Gasteiger partial charge on any atom is 0.246 e. The summed E-state index contributed by atoms with van der Waals surface area (Å²) in [5, 5.41) is 10.1. The van der Waals surface area contributed by atoms with E-state index in [1.807, 2.05) is 13.0 Å². The first-order chi connectivity index (χ1) is 9.38. The van der Waals surface area contributed by atoms with Gasteiger partial charge < -0.3 is 10.0 Å². The van der Waals surface area contributed by atoms with Crippen LogP contribution in [-0.4, -0.2) is 39.1 Å². The Kier molecular flexibility index (Phi) is 4.23. The molecule has 1 saturated heterocycles. The van der Waals surface area contributed by atoms with Gasteiger partial charge in [0, 0.05) is 25.0 Å². The van der Waals surface area contributed by atoms with Gasteiger partial charge in [0.25, 0.3) is 0 Å². The summed E-state index contributed by atoms with van der Waals surface area (Å²) in [6.07, 6.45) is 8.66. The number of likely N-dealkylation sites (tertiary alicyclic amines) is 1. The molecule has 1 amide bonds. The van der Waals surface area contributed by atoms with Crippen molar-refractivity contribution >= 4 is 12.0 Å². The lowest BCUT2D eigenvalue weighted by atomic mass is 9.96. The highest BCUT2D eigenvalue weighted by Crippen LogP contribution is 2.27. The second-order valence-electron chi connectivity index (χ2n) is 5.97. The number of nitrogens with zero attached hydrogens (tertiary/aromatic N) is 2. The van der Waals surface area contributed by atoms with Gasteiger partial charge in [-0.2, -0.15) is 0 Å². The van der Waals surface area contributed by atoms with Gasteiger partial charge in [-0.3, -0.25) is 9.78 Å². The third-order valence-electron chi connectivity index (χ3n) is 3.67. The second kappa shape index (κ2) is 5.75. The Balaban J connectivity index is 2.08. The Morgan fingerprint density at radius 2 is 2.25 bits per heavy atom. The minimum Gasteiger partial charge on any atom is -0.388 e. The van der Waals surface area contributed by atoms with Crippen LogP contribution in [0, 0.1) is 6.92 Å².